The molecule has 0 spiro atoms. The summed E-state index contributed by atoms with van der Waals surface area (Å²) < 4.78 is 5.29. The molecule has 0 aliphatic heterocycles. The van der Waals surface area contributed by atoms with Crippen LogP contribution in [0.15, 0.2) is 47.6 Å². The highest BCUT2D eigenvalue weighted by Crippen LogP contribution is 2.20. The largest absolute Gasteiger partial charge is 0.496 e. The number of carbonyl (C=O) groups is 1. The van der Waals surface area contributed by atoms with E-state index in [1.807, 2.05) is 49.4 Å². The van der Waals surface area contributed by atoms with Gasteiger partial charge in [0.05, 0.1) is 13.3 Å². The summed E-state index contributed by atoms with van der Waals surface area (Å²) in [4.78, 5) is 16.3. The molecule has 5 heteroatoms. The molecule has 2 rings (SSSR count). The summed E-state index contributed by atoms with van der Waals surface area (Å²) in [5, 5.41) is 6.67. The Hall–Kier alpha value is -2.82. The lowest BCUT2D eigenvalue weighted by atomic mass is 10.1. The van der Waals surface area contributed by atoms with Crippen LogP contribution in [0.2, 0.25) is 0 Å². The van der Waals surface area contributed by atoms with Crippen molar-refractivity contribution < 1.29 is 14.4 Å². The van der Waals surface area contributed by atoms with E-state index in [1.54, 1.807) is 13.3 Å². The van der Waals surface area contributed by atoms with Crippen LogP contribution in [0, 0.1) is 6.92 Å². The van der Waals surface area contributed by atoms with Crippen LogP contribution < -0.4 is 10.1 Å². The predicted octanol–water partition coefficient (Wildman–Crippen LogP) is 3.51. The van der Waals surface area contributed by atoms with Gasteiger partial charge in [-0.25, -0.2) is 0 Å². The fourth-order valence-corrected chi connectivity index (χ4v) is 2.08. The molecule has 0 radical (unpaired) electrons. The van der Waals surface area contributed by atoms with Gasteiger partial charge in [-0.1, -0.05) is 28.9 Å². The van der Waals surface area contributed by atoms with Crippen molar-refractivity contribution in [3.63, 3.8) is 0 Å². The van der Waals surface area contributed by atoms with Gasteiger partial charge in [0.15, 0.2) is 0 Å². The van der Waals surface area contributed by atoms with Gasteiger partial charge in [0, 0.05) is 18.2 Å². The summed E-state index contributed by atoms with van der Waals surface area (Å²) in [6.07, 6.45) is 1.62. The van der Waals surface area contributed by atoms with Crippen LogP contribution in [0.3, 0.4) is 0 Å². The van der Waals surface area contributed by atoms with Crippen LogP contribution in [-0.4, -0.2) is 19.2 Å². The molecule has 0 aromatic heterocycles. The molecule has 2 aromatic carbocycles. The smallest absolute Gasteiger partial charge is 0.221 e. The molecule has 120 valence electrons. The van der Waals surface area contributed by atoms with E-state index in [9.17, 15) is 4.79 Å². The zero-order chi connectivity index (χ0) is 16.7. The number of ether oxygens (including phenoxy) is 1. The molecule has 0 fully saturated rings. The summed E-state index contributed by atoms with van der Waals surface area (Å²) in [7, 11) is 1.63. The maximum Gasteiger partial charge on any atom is 0.221 e. The van der Waals surface area contributed by atoms with Crippen LogP contribution in [0.1, 0.15) is 23.6 Å². The van der Waals surface area contributed by atoms with Gasteiger partial charge in [-0.05, 0) is 36.8 Å². The number of hydrogen-bond acceptors (Lipinski definition) is 4. The van der Waals surface area contributed by atoms with Gasteiger partial charge in [0.25, 0.3) is 0 Å². The summed E-state index contributed by atoms with van der Waals surface area (Å²) >= 11 is 0. The number of nitrogens with one attached hydrogen (secondary N) is 1. The van der Waals surface area contributed by atoms with E-state index in [0.717, 1.165) is 28.1 Å². The van der Waals surface area contributed by atoms with Gasteiger partial charge in [0.1, 0.15) is 12.4 Å². The molecule has 0 bridgehead atoms. The summed E-state index contributed by atoms with van der Waals surface area (Å²) in [5.41, 5.74) is 3.72. The Balaban J connectivity index is 1.92. The van der Waals surface area contributed by atoms with Crippen molar-refractivity contribution in [2.75, 3.05) is 12.4 Å². The topological polar surface area (TPSA) is 59.9 Å². The monoisotopic (exact) mass is 312 g/mol. The van der Waals surface area contributed by atoms with E-state index in [-0.39, 0.29) is 5.91 Å². The van der Waals surface area contributed by atoms with Gasteiger partial charge in [-0.15, -0.1) is 0 Å². The summed E-state index contributed by atoms with van der Waals surface area (Å²) in [5.74, 6) is 0.687. The minimum Gasteiger partial charge on any atom is -0.496 e. The summed E-state index contributed by atoms with van der Waals surface area (Å²) in [6, 6.07) is 13.2. The fraction of sp³-hybridized carbons (Fsp3) is 0.222. The number of carbonyl (C=O) groups excluding carboxylic acids is 1. The van der Waals surface area contributed by atoms with Crippen molar-refractivity contribution in [2.24, 2.45) is 5.16 Å². The number of methoxy groups -OCH3 is 1. The number of amides is 1. The number of anilines is 1. The Kier molecular flexibility index (Phi) is 5.74. The van der Waals surface area contributed by atoms with Crippen LogP contribution >= 0.6 is 0 Å². The number of oxime groups is 1. The zero-order valence-corrected chi connectivity index (χ0v) is 13.5. The molecule has 0 aliphatic rings. The zero-order valence-electron chi connectivity index (χ0n) is 13.5. The molecule has 0 heterocycles. The first-order valence-corrected chi connectivity index (χ1v) is 7.25. The van der Waals surface area contributed by atoms with Crippen molar-refractivity contribution in [3.8, 4) is 5.75 Å². The van der Waals surface area contributed by atoms with Gasteiger partial charge in [0.2, 0.25) is 5.91 Å². The standard InChI is InChI=1S/C18H20N2O3/c1-13-4-9-18(22-3)16(10-13)12-23-19-11-15-5-7-17(8-6-15)20-14(2)21/h4-11H,12H2,1-3H3,(H,20,21)/b19-11+. The number of rotatable bonds is 6. The molecule has 1 amide bonds. The third kappa shape index (κ3) is 5.14. The minimum absolute atomic E-state index is 0.0955. The van der Waals surface area contributed by atoms with Crippen LogP contribution in [-0.2, 0) is 16.2 Å². The Morgan fingerprint density at radius 2 is 1.96 bits per heavy atom. The lowest BCUT2D eigenvalue weighted by Gasteiger charge is -2.08. The Morgan fingerprint density at radius 1 is 1.22 bits per heavy atom. The third-order valence-corrected chi connectivity index (χ3v) is 3.16. The number of aryl methyl sites for hydroxylation is 1. The van der Waals surface area contributed by atoms with Gasteiger partial charge in [-0.3, -0.25) is 4.79 Å². The fourth-order valence-electron chi connectivity index (χ4n) is 2.08. The van der Waals surface area contributed by atoms with E-state index in [0.29, 0.717) is 6.61 Å². The minimum atomic E-state index is -0.0955. The molecule has 23 heavy (non-hydrogen) atoms. The SMILES string of the molecule is COc1ccc(C)cc1CO/N=C/c1ccc(NC(C)=O)cc1. The highest BCUT2D eigenvalue weighted by Gasteiger charge is 2.03. The first-order valence-electron chi connectivity index (χ1n) is 7.25. The average Bonchev–Trinajstić information content (AvgIpc) is 2.53. The summed E-state index contributed by atoms with van der Waals surface area (Å²) in [6.45, 7) is 3.83. The number of benzene rings is 2. The van der Waals surface area contributed by atoms with Gasteiger partial charge >= 0.3 is 0 Å². The molecule has 0 atom stereocenters. The van der Waals surface area contributed by atoms with Gasteiger partial charge < -0.3 is 14.9 Å². The first kappa shape index (κ1) is 16.5. The lowest BCUT2D eigenvalue weighted by Crippen LogP contribution is -2.05. The molecule has 2 aromatic rings. The van der Waals surface area contributed by atoms with Crippen molar-refractivity contribution >= 4 is 17.8 Å². The van der Waals surface area contributed by atoms with Crippen LogP contribution in [0.4, 0.5) is 5.69 Å². The van der Waals surface area contributed by atoms with Gasteiger partial charge in [-0.2, -0.15) is 0 Å². The lowest BCUT2D eigenvalue weighted by molar-refractivity contribution is -0.114. The molecule has 0 unspecified atom stereocenters. The van der Waals surface area contributed by atoms with E-state index >= 15 is 0 Å². The molecular weight excluding hydrogens is 292 g/mol. The average molecular weight is 312 g/mol. The van der Waals surface area contributed by atoms with E-state index < -0.39 is 0 Å². The predicted molar refractivity (Wildman–Crippen MR) is 90.9 cm³/mol. The normalized spacial score (nSPS) is 10.6. The maximum atomic E-state index is 11.0. The second-order valence-electron chi connectivity index (χ2n) is 5.13. The molecule has 0 saturated carbocycles. The van der Waals surface area contributed by atoms with Crippen LogP contribution in [0.25, 0.3) is 0 Å². The second-order valence-corrected chi connectivity index (χ2v) is 5.13. The molecular formula is C18H20N2O3. The molecule has 0 aliphatic carbocycles. The van der Waals surface area contributed by atoms with Crippen molar-refractivity contribution in [1.82, 2.24) is 0 Å². The number of hydrogen-bond donors (Lipinski definition) is 1. The van der Waals surface area contributed by atoms with E-state index in [4.69, 9.17) is 9.57 Å². The van der Waals surface area contributed by atoms with E-state index in [2.05, 4.69) is 10.5 Å². The van der Waals surface area contributed by atoms with Crippen molar-refractivity contribution in [1.29, 1.82) is 0 Å². The molecule has 1 N–H and O–H groups in total. The third-order valence-electron chi connectivity index (χ3n) is 3.16. The molecule has 0 saturated heterocycles. The Morgan fingerprint density at radius 3 is 2.61 bits per heavy atom. The van der Waals surface area contributed by atoms with E-state index in [1.165, 1.54) is 6.92 Å². The first-order chi connectivity index (χ1) is 11.1. The Labute approximate surface area is 135 Å². The van der Waals surface area contributed by atoms with Crippen molar-refractivity contribution in [2.45, 2.75) is 20.5 Å². The Bertz CT molecular complexity index is 694. The highest BCUT2D eigenvalue weighted by atomic mass is 16.6. The second kappa shape index (κ2) is 7.98. The maximum absolute atomic E-state index is 11.0. The number of nitrogens with zero attached hydrogens (tertiary/aromatic N) is 1. The quantitative estimate of drug-likeness (QED) is 0.656. The van der Waals surface area contributed by atoms with Crippen molar-refractivity contribution in [3.05, 3.63) is 59.2 Å². The highest BCUT2D eigenvalue weighted by molar-refractivity contribution is 5.89. The van der Waals surface area contributed by atoms with Crippen LogP contribution in [0.5, 0.6) is 5.75 Å². The molecule has 5 nitrogen and oxygen atoms in total.